The Morgan fingerprint density at radius 3 is 2.48 bits per heavy atom. The number of carbonyl (C=O) groups is 2. The normalized spacial score (nSPS) is 10.8. The van der Waals surface area contributed by atoms with Gasteiger partial charge in [0.25, 0.3) is 11.8 Å². The third-order valence-corrected chi connectivity index (χ3v) is 5.81. The molecule has 3 aromatic carbocycles. The van der Waals surface area contributed by atoms with Gasteiger partial charge in [0.05, 0.1) is 6.61 Å². The summed E-state index contributed by atoms with van der Waals surface area (Å²) < 4.78 is 0. The van der Waals surface area contributed by atoms with Crippen LogP contribution in [0, 0.1) is 0 Å². The molecule has 0 bridgehead atoms. The molecule has 1 heterocycles. The molecular weight excluding hydrogens is 438 g/mol. The number of anilines is 3. The summed E-state index contributed by atoms with van der Waals surface area (Å²) >= 11 is 1.14. The number of nitrogens with zero attached hydrogens (tertiary/aromatic N) is 1. The highest BCUT2D eigenvalue weighted by molar-refractivity contribution is 7.20. The second-order valence-electron chi connectivity index (χ2n) is 7.30. The molecule has 0 radical (unpaired) electrons. The molecule has 0 spiro atoms. The van der Waals surface area contributed by atoms with Gasteiger partial charge in [-0.1, -0.05) is 53.8 Å². The van der Waals surface area contributed by atoms with E-state index in [4.69, 9.17) is 10.8 Å². The molecule has 8 nitrogen and oxygen atoms in total. The van der Waals surface area contributed by atoms with Crippen LogP contribution in [-0.2, 0) is 6.54 Å². The predicted molar refractivity (Wildman–Crippen MR) is 131 cm³/mol. The first-order chi connectivity index (χ1) is 16.0. The lowest BCUT2D eigenvalue weighted by Crippen LogP contribution is -2.18. The van der Waals surface area contributed by atoms with E-state index in [1.165, 1.54) is 0 Å². The molecule has 9 heteroatoms. The van der Waals surface area contributed by atoms with E-state index in [0.717, 1.165) is 33.4 Å². The van der Waals surface area contributed by atoms with Crippen LogP contribution in [0.4, 0.5) is 15.8 Å². The van der Waals surface area contributed by atoms with Crippen LogP contribution in [-0.4, -0.2) is 35.1 Å². The molecule has 0 fully saturated rings. The Morgan fingerprint density at radius 2 is 1.76 bits per heavy atom. The zero-order valence-electron chi connectivity index (χ0n) is 17.7. The third-order valence-electron chi connectivity index (χ3n) is 4.92. The Kier molecular flexibility index (Phi) is 6.94. The molecule has 4 rings (SSSR count). The number of nitrogens with one attached hydrogen (secondary N) is 3. The van der Waals surface area contributed by atoms with Gasteiger partial charge in [0.15, 0.2) is 10.8 Å². The van der Waals surface area contributed by atoms with Crippen molar-refractivity contribution in [2.24, 2.45) is 5.73 Å². The van der Waals surface area contributed by atoms with E-state index in [1.807, 2.05) is 54.6 Å². The van der Waals surface area contributed by atoms with Crippen molar-refractivity contribution in [2.45, 2.75) is 6.54 Å². The van der Waals surface area contributed by atoms with Gasteiger partial charge in [0.1, 0.15) is 5.00 Å². The lowest BCUT2D eigenvalue weighted by Gasteiger charge is -2.06. The van der Waals surface area contributed by atoms with Crippen molar-refractivity contribution in [2.75, 3.05) is 23.8 Å². The zero-order valence-corrected chi connectivity index (χ0v) is 18.5. The van der Waals surface area contributed by atoms with Gasteiger partial charge in [0, 0.05) is 24.3 Å². The van der Waals surface area contributed by atoms with Crippen LogP contribution in [0.1, 0.15) is 26.4 Å². The van der Waals surface area contributed by atoms with Crippen LogP contribution >= 0.6 is 11.3 Å². The van der Waals surface area contributed by atoms with Crippen molar-refractivity contribution in [3.63, 3.8) is 0 Å². The van der Waals surface area contributed by atoms with E-state index < -0.39 is 5.91 Å². The van der Waals surface area contributed by atoms with Crippen molar-refractivity contribution in [1.29, 1.82) is 0 Å². The highest BCUT2D eigenvalue weighted by atomic mass is 32.1. The molecule has 0 aliphatic carbocycles. The minimum Gasteiger partial charge on any atom is -0.395 e. The number of aliphatic hydroxyl groups is 1. The average molecular weight is 462 g/mol. The Labute approximate surface area is 194 Å². The number of carbonyl (C=O) groups excluding carboxylic acids is 2. The maximum Gasteiger partial charge on any atom is 0.270 e. The van der Waals surface area contributed by atoms with Gasteiger partial charge in [-0.15, -0.1) is 0 Å². The number of nitrogens with two attached hydrogens (primary N) is 1. The van der Waals surface area contributed by atoms with Crippen molar-refractivity contribution in [3.8, 4) is 0 Å². The summed E-state index contributed by atoms with van der Waals surface area (Å²) in [5.41, 5.74) is 7.72. The molecular formula is C24H23N5O3S. The largest absolute Gasteiger partial charge is 0.395 e. The number of thiazole rings is 1. The summed E-state index contributed by atoms with van der Waals surface area (Å²) in [6, 6.07) is 20.9. The van der Waals surface area contributed by atoms with Gasteiger partial charge in [-0.05, 0) is 40.6 Å². The van der Waals surface area contributed by atoms with Gasteiger partial charge in [-0.25, -0.2) is 4.98 Å². The number of benzene rings is 3. The Morgan fingerprint density at radius 1 is 1.00 bits per heavy atom. The first kappa shape index (κ1) is 22.4. The second-order valence-corrected chi connectivity index (χ2v) is 8.30. The standard InChI is InChI=1S/C24H23N5O3S/c25-21(31)20-23(29-22(32)17-7-5-15(6-8-17)14-26-11-12-30)33-24(28-20)27-19-10-9-16-3-1-2-4-18(16)13-19/h1-10,13,26,30H,11-12,14H2,(H2,25,31)(H,27,28)(H,29,32). The van der Waals surface area contributed by atoms with Gasteiger partial charge in [-0.3, -0.25) is 9.59 Å². The van der Waals surface area contributed by atoms with Gasteiger partial charge in [0.2, 0.25) is 0 Å². The van der Waals surface area contributed by atoms with Crippen LogP contribution < -0.4 is 21.7 Å². The molecule has 0 unspecified atom stereocenters. The lowest BCUT2D eigenvalue weighted by atomic mass is 10.1. The first-order valence-corrected chi connectivity index (χ1v) is 11.1. The molecule has 0 saturated carbocycles. The van der Waals surface area contributed by atoms with E-state index in [0.29, 0.717) is 23.8 Å². The fourth-order valence-corrected chi connectivity index (χ4v) is 4.16. The van der Waals surface area contributed by atoms with E-state index in [-0.39, 0.29) is 23.2 Å². The van der Waals surface area contributed by atoms with E-state index in [1.54, 1.807) is 12.1 Å². The summed E-state index contributed by atoms with van der Waals surface area (Å²) in [6.45, 7) is 1.15. The van der Waals surface area contributed by atoms with Crippen LogP contribution in [0.15, 0.2) is 66.7 Å². The SMILES string of the molecule is NC(=O)c1nc(Nc2ccc3ccccc3c2)sc1NC(=O)c1ccc(CNCCO)cc1. The second kappa shape index (κ2) is 10.2. The van der Waals surface area contributed by atoms with Crippen molar-refractivity contribution < 1.29 is 14.7 Å². The van der Waals surface area contributed by atoms with Crippen LogP contribution in [0.3, 0.4) is 0 Å². The lowest BCUT2D eigenvalue weighted by molar-refractivity contribution is 0.0997. The molecule has 1 aromatic heterocycles. The van der Waals surface area contributed by atoms with Crippen LogP contribution in [0.25, 0.3) is 10.8 Å². The number of aliphatic hydroxyl groups excluding tert-OH is 1. The highest BCUT2D eigenvalue weighted by Gasteiger charge is 2.19. The maximum absolute atomic E-state index is 12.7. The van der Waals surface area contributed by atoms with Gasteiger partial charge in [-0.2, -0.15) is 0 Å². The number of hydrogen-bond acceptors (Lipinski definition) is 7. The molecule has 4 aromatic rings. The fraction of sp³-hybridized carbons (Fsp3) is 0.125. The van der Waals surface area contributed by atoms with Gasteiger partial charge >= 0.3 is 0 Å². The number of rotatable bonds is 9. The van der Waals surface area contributed by atoms with E-state index >= 15 is 0 Å². The summed E-state index contributed by atoms with van der Waals surface area (Å²) in [6.07, 6.45) is 0. The average Bonchev–Trinajstić information content (AvgIpc) is 3.22. The number of hydrogen-bond donors (Lipinski definition) is 5. The molecule has 168 valence electrons. The molecule has 0 aliphatic rings. The summed E-state index contributed by atoms with van der Waals surface area (Å²) in [4.78, 5) is 28.9. The fourth-order valence-electron chi connectivity index (χ4n) is 3.28. The number of fused-ring (bicyclic) bond motifs is 1. The molecule has 0 atom stereocenters. The smallest absolute Gasteiger partial charge is 0.270 e. The van der Waals surface area contributed by atoms with Crippen LogP contribution in [0.5, 0.6) is 0 Å². The quantitative estimate of drug-likeness (QED) is 0.243. The Bertz CT molecular complexity index is 1290. The Balaban J connectivity index is 1.49. The highest BCUT2D eigenvalue weighted by Crippen LogP contribution is 2.31. The third kappa shape index (κ3) is 5.53. The molecule has 0 aliphatic heterocycles. The minimum absolute atomic E-state index is 0.00135. The topological polar surface area (TPSA) is 129 Å². The summed E-state index contributed by atoms with van der Waals surface area (Å²) in [5.74, 6) is -1.09. The van der Waals surface area contributed by atoms with Crippen molar-refractivity contribution in [3.05, 3.63) is 83.6 Å². The molecule has 0 saturated heterocycles. The number of aromatic nitrogens is 1. The maximum atomic E-state index is 12.7. The summed E-state index contributed by atoms with van der Waals surface area (Å²) in [7, 11) is 0. The first-order valence-electron chi connectivity index (χ1n) is 10.3. The molecule has 2 amide bonds. The van der Waals surface area contributed by atoms with E-state index in [2.05, 4.69) is 20.9 Å². The molecule has 6 N–H and O–H groups in total. The number of primary amides is 1. The van der Waals surface area contributed by atoms with E-state index in [9.17, 15) is 9.59 Å². The number of amides is 2. The van der Waals surface area contributed by atoms with Gasteiger partial charge < -0.3 is 26.8 Å². The van der Waals surface area contributed by atoms with Crippen molar-refractivity contribution >= 4 is 49.7 Å². The Hall–Kier alpha value is -3.79. The monoisotopic (exact) mass is 461 g/mol. The van der Waals surface area contributed by atoms with Crippen LogP contribution in [0.2, 0.25) is 0 Å². The predicted octanol–water partition coefficient (Wildman–Crippen LogP) is 3.47. The summed E-state index contributed by atoms with van der Waals surface area (Å²) in [5, 5.41) is 20.7. The van der Waals surface area contributed by atoms with Crippen molar-refractivity contribution in [1.82, 2.24) is 10.3 Å². The molecule has 33 heavy (non-hydrogen) atoms. The zero-order chi connectivity index (χ0) is 23.2. The minimum atomic E-state index is -0.724.